The van der Waals surface area contributed by atoms with Crippen molar-refractivity contribution in [3.05, 3.63) is 41.7 Å². The van der Waals surface area contributed by atoms with Gasteiger partial charge in [0.25, 0.3) is 0 Å². The number of nitrogens with zero attached hydrogens (tertiary/aromatic N) is 2. The third kappa shape index (κ3) is 1.69. The van der Waals surface area contributed by atoms with Gasteiger partial charge in [0.2, 0.25) is 0 Å². The molecule has 4 heteroatoms. The van der Waals surface area contributed by atoms with Gasteiger partial charge in [-0.25, -0.2) is 4.68 Å². The number of rotatable bonds is 3. The Labute approximate surface area is 93.5 Å². The van der Waals surface area contributed by atoms with Gasteiger partial charge in [-0.05, 0) is 19.1 Å². The van der Waals surface area contributed by atoms with Crippen LogP contribution in [0.25, 0.3) is 5.69 Å². The zero-order valence-corrected chi connectivity index (χ0v) is 9.18. The summed E-state index contributed by atoms with van der Waals surface area (Å²) in [6.07, 6.45) is 2.36. The zero-order valence-electron chi connectivity index (χ0n) is 9.18. The van der Waals surface area contributed by atoms with E-state index in [1.807, 2.05) is 31.2 Å². The number of carbonyl (C=O) groups is 1. The molecule has 0 unspecified atom stereocenters. The molecule has 82 valence electrons. The van der Waals surface area contributed by atoms with Gasteiger partial charge in [-0.3, -0.25) is 4.79 Å². The molecule has 4 nitrogen and oxygen atoms in total. The highest BCUT2D eigenvalue weighted by Crippen LogP contribution is 2.18. The van der Waals surface area contributed by atoms with Crippen LogP contribution in [0.1, 0.15) is 16.1 Å². The fourth-order valence-corrected chi connectivity index (χ4v) is 1.54. The molecule has 1 aromatic carbocycles. The van der Waals surface area contributed by atoms with E-state index in [1.165, 1.54) is 0 Å². The van der Waals surface area contributed by atoms with Crippen LogP contribution in [0.4, 0.5) is 0 Å². The number of ether oxygens (including phenoxy) is 1. The molecule has 0 saturated heterocycles. The average molecular weight is 216 g/mol. The molecule has 0 aliphatic carbocycles. The minimum Gasteiger partial charge on any atom is -0.497 e. The SMILES string of the molecule is COc1cccc(-n2ncc(C=O)c2C)c1. The third-order valence-electron chi connectivity index (χ3n) is 2.47. The first-order valence-electron chi connectivity index (χ1n) is 4.90. The Hall–Kier alpha value is -2.10. The first kappa shape index (κ1) is 10.4. The second-order valence-electron chi connectivity index (χ2n) is 3.42. The minimum atomic E-state index is 0.600. The highest BCUT2D eigenvalue weighted by atomic mass is 16.5. The molecular formula is C12H12N2O2. The average Bonchev–Trinajstić information content (AvgIpc) is 2.70. The normalized spacial score (nSPS) is 10.1. The fourth-order valence-electron chi connectivity index (χ4n) is 1.54. The topological polar surface area (TPSA) is 44.1 Å². The summed E-state index contributed by atoms with van der Waals surface area (Å²) in [5.41, 5.74) is 2.30. The van der Waals surface area contributed by atoms with Gasteiger partial charge < -0.3 is 4.74 Å². The molecule has 1 heterocycles. The van der Waals surface area contributed by atoms with E-state index in [1.54, 1.807) is 18.0 Å². The van der Waals surface area contributed by atoms with E-state index in [9.17, 15) is 4.79 Å². The molecule has 0 amide bonds. The largest absolute Gasteiger partial charge is 0.497 e. The standard InChI is InChI=1S/C12H12N2O2/c1-9-10(8-15)7-13-14(9)11-4-3-5-12(6-11)16-2/h3-8H,1-2H3. The highest BCUT2D eigenvalue weighted by Gasteiger charge is 2.07. The highest BCUT2D eigenvalue weighted by molar-refractivity contribution is 5.76. The van der Waals surface area contributed by atoms with Gasteiger partial charge in [0.05, 0.1) is 30.3 Å². The molecule has 0 N–H and O–H groups in total. The molecule has 0 aliphatic rings. The van der Waals surface area contributed by atoms with Crippen LogP contribution in [-0.2, 0) is 0 Å². The molecule has 2 aromatic rings. The van der Waals surface area contributed by atoms with Gasteiger partial charge in [0.15, 0.2) is 6.29 Å². The molecule has 0 fully saturated rings. The number of hydrogen-bond acceptors (Lipinski definition) is 3. The molecule has 2 rings (SSSR count). The number of benzene rings is 1. The predicted octanol–water partition coefficient (Wildman–Crippen LogP) is 2.00. The van der Waals surface area contributed by atoms with E-state index in [2.05, 4.69) is 5.10 Å². The minimum absolute atomic E-state index is 0.600. The lowest BCUT2D eigenvalue weighted by molar-refractivity contribution is 0.112. The van der Waals surface area contributed by atoms with E-state index in [-0.39, 0.29) is 0 Å². The summed E-state index contributed by atoms with van der Waals surface area (Å²) >= 11 is 0. The van der Waals surface area contributed by atoms with Gasteiger partial charge in [0.1, 0.15) is 5.75 Å². The van der Waals surface area contributed by atoms with E-state index >= 15 is 0 Å². The Balaban J connectivity index is 2.49. The summed E-state index contributed by atoms with van der Waals surface area (Å²) in [5, 5.41) is 4.16. The molecule has 0 spiro atoms. The Morgan fingerprint density at radius 1 is 1.44 bits per heavy atom. The van der Waals surface area contributed by atoms with Crippen molar-refractivity contribution in [3.63, 3.8) is 0 Å². The van der Waals surface area contributed by atoms with Crippen molar-refractivity contribution >= 4 is 6.29 Å². The third-order valence-corrected chi connectivity index (χ3v) is 2.47. The number of carbonyl (C=O) groups excluding carboxylic acids is 1. The van der Waals surface area contributed by atoms with Crippen molar-refractivity contribution in [2.45, 2.75) is 6.92 Å². The molecule has 16 heavy (non-hydrogen) atoms. The number of methoxy groups -OCH3 is 1. The lowest BCUT2D eigenvalue weighted by Crippen LogP contribution is -1.99. The van der Waals surface area contributed by atoms with E-state index < -0.39 is 0 Å². The van der Waals surface area contributed by atoms with Gasteiger partial charge >= 0.3 is 0 Å². The molecule has 0 radical (unpaired) electrons. The Morgan fingerprint density at radius 3 is 2.88 bits per heavy atom. The number of aromatic nitrogens is 2. The number of hydrogen-bond donors (Lipinski definition) is 0. The van der Waals surface area contributed by atoms with Crippen molar-refractivity contribution in [1.29, 1.82) is 0 Å². The van der Waals surface area contributed by atoms with Crippen LogP contribution in [0.2, 0.25) is 0 Å². The van der Waals surface area contributed by atoms with E-state index in [0.29, 0.717) is 5.56 Å². The van der Waals surface area contributed by atoms with Crippen molar-refractivity contribution < 1.29 is 9.53 Å². The maximum atomic E-state index is 10.7. The molecule has 1 aromatic heterocycles. The second-order valence-corrected chi connectivity index (χ2v) is 3.42. The quantitative estimate of drug-likeness (QED) is 0.737. The Morgan fingerprint density at radius 2 is 2.25 bits per heavy atom. The first-order chi connectivity index (χ1) is 7.76. The van der Waals surface area contributed by atoms with Crippen LogP contribution in [0.5, 0.6) is 5.75 Å². The molecule has 0 bridgehead atoms. The lowest BCUT2D eigenvalue weighted by Gasteiger charge is -2.06. The smallest absolute Gasteiger partial charge is 0.153 e. The molecular weight excluding hydrogens is 204 g/mol. The Bertz CT molecular complexity index is 517. The van der Waals surface area contributed by atoms with Crippen LogP contribution in [0.3, 0.4) is 0 Å². The van der Waals surface area contributed by atoms with Crippen molar-refractivity contribution in [1.82, 2.24) is 9.78 Å². The molecule has 0 aliphatic heterocycles. The van der Waals surface area contributed by atoms with Crippen LogP contribution < -0.4 is 4.74 Å². The van der Waals surface area contributed by atoms with Gasteiger partial charge in [-0.15, -0.1) is 0 Å². The summed E-state index contributed by atoms with van der Waals surface area (Å²) < 4.78 is 6.85. The molecule has 0 saturated carbocycles. The van der Waals surface area contributed by atoms with Crippen molar-refractivity contribution in [2.75, 3.05) is 7.11 Å². The van der Waals surface area contributed by atoms with E-state index in [4.69, 9.17) is 4.74 Å². The summed E-state index contributed by atoms with van der Waals surface area (Å²) in [7, 11) is 1.62. The van der Waals surface area contributed by atoms with Gasteiger partial charge in [0, 0.05) is 6.07 Å². The summed E-state index contributed by atoms with van der Waals surface area (Å²) in [6, 6.07) is 7.53. The fraction of sp³-hybridized carbons (Fsp3) is 0.167. The maximum absolute atomic E-state index is 10.7. The van der Waals surface area contributed by atoms with Crippen LogP contribution in [0.15, 0.2) is 30.5 Å². The lowest BCUT2D eigenvalue weighted by atomic mass is 10.2. The number of aldehydes is 1. The van der Waals surface area contributed by atoms with E-state index in [0.717, 1.165) is 23.4 Å². The van der Waals surface area contributed by atoms with Crippen LogP contribution in [0, 0.1) is 6.92 Å². The Kier molecular flexibility index (Phi) is 2.72. The van der Waals surface area contributed by atoms with Crippen molar-refractivity contribution in [3.8, 4) is 11.4 Å². The van der Waals surface area contributed by atoms with Crippen LogP contribution in [-0.4, -0.2) is 23.2 Å². The van der Waals surface area contributed by atoms with Crippen LogP contribution >= 0.6 is 0 Å². The maximum Gasteiger partial charge on any atom is 0.153 e. The summed E-state index contributed by atoms with van der Waals surface area (Å²) in [5.74, 6) is 0.764. The second kappa shape index (κ2) is 4.18. The predicted molar refractivity (Wildman–Crippen MR) is 60.2 cm³/mol. The van der Waals surface area contributed by atoms with Gasteiger partial charge in [-0.2, -0.15) is 5.10 Å². The monoisotopic (exact) mass is 216 g/mol. The first-order valence-corrected chi connectivity index (χ1v) is 4.90. The zero-order chi connectivity index (χ0) is 11.5. The molecule has 0 atom stereocenters. The van der Waals surface area contributed by atoms with Crippen molar-refractivity contribution in [2.24, 2.45) is 0 Å². The summed E-state index contributed by atoms with van der Waals surface area (Å²) in [6.45, 7) is 1.86. The van der Waals surface area contributed by atoms with Gasteiger partial charge in [-0.1, -0.05) is 6.07 Å². The summed E-state index contributed by atoms with van der Waals surface area (Å²) in [4.78, 5) is 10.7.